The molecule has 0 aromatic heterocycles. The highest BCUT2D eigenvalue weighted by molar-refractivity contribution is 5.96. The number of azo groups is 1. The number of phenols is 2. The first kappa shape index (κ1) is 25.7. The number of benzene rings is 4. The number of nitrogens with zero attached hydrogens (tertiary/aromatic N) is 2. The van der Waals surface area contributed by atoms with Crippen molar-refractivity contribution < 1.29 is 29.6 Å². The van der Waals surface area contributed by atoms with Gasteiger partial charge in [-0.2, -0.15) is 10.2 Å². The van der Waals surface area contributed by atoms with Gasteiger partial charge in [-0.3, -0.25) is 4.79 Å². The van der Waals surface area contributed by atoms with Crippen LogP contribution in [0.25, 0.3) is 10.8 Å². The van der Waals surface area contributed by atoms with Crippen LogP contribution in [0.15, 0.2) is 83.0 Å². The minimum absolute atomic E-state index is 0.117. The van der Waals surface area contributed by atoms with Gasteiger partial charge in [0.2, 0.25) is 0 Å². The quantitative estimate of drug-likeness (QED) is 0.130. The maximum Gasteiger partial charge on any atom is 0.307 e. The van der Waals surface area contributed by atoms with Crippen molar-refractivity contribution >= 4 is 28.1 Å². The predicted molar refractivity (Wildman–Crippen MR) is 140 cm³/mol. The molecule has 3 N–H and O–H groups in total. The minimum atomic E-state index is -0.961. The molecule has 37 heavy (non-hydrogen) atoms. The topological polar surface area (TPSA) is 121 Å². The highest BCUT2D eigenvalue weighted by atomic mass is 16.5. The van der Waals surface area contributed by atoms with Crippen LogP contribution in [-0.4, -0.2) is 41.6 Å². The zero-order valence-corrected chi connectivity index (χ0v) is 20.4. The Balaban J connectivity index is 1.57. The van der Waals surface area contributed by atoms with Gasteiger partial charge in [0, 0.05) is 18.6 Å². The lowest BCUT2D eigenvalue weighted by Gasteiger charge is -2.14. The Hall–Kier alpha value is -4.43. The van der Waals surface area contributed by atoms with Crippen LogP contribution in [-0.2, 0) is 28.8 Å². The Kier molecular flexibility index (Phi) is 8.33. The van der Waals surface area contributed by atoms with Crippen LogP contribution in [0.5, 0.6) is 17.2 Å². The van der Waals surface area contributed by atoms with E-state index in [-0.39, 0.29) is 17.9 Å². The predicted octanol–water partition coefficient (Wildman–Crippen LogP) is 6.10. The van der Waals surface area contributed by atoms with Crippen LogP contribution >= 0.6 is 0 Å². The third kappa shape index (κ3) is 6.62. The molecule has 0 radical (unpaired) electrons. The van der Waals surface area contributed by atoms with Gasteiger partial charge < -0.3 is 24.8 Å². The molecular formula is C29H28N2O6. The molecule has 0 aliphatic rings. The Labute approximate surface area is 214 Å². The molecule has 8 nitrogen and oxygen atoms in total. The number of aliphatic carboxylic acids is 1. The third-order valence-electron chi connectivity index (χ3n) is 5.92. The zero-order chi connectivity index (χ0) is 26.2. The lowest BCUT2D eigenvalue weighted by atomic mass is 9.99. The highest BCUT2D eigenvalue weighted by Gasteiger charge is 2.16. The number of phenolic OH excluding ortho intramolecular Hbond substituents is 2. The molecule has 0 aliphatic carbocycles. The molecule has 0 saturated heterocycles. The van der Waals surface area contributed by atoms with Crippen molar-refractivity contribution in [2.75, 3.05) is 20.3 Å². The lowest BCUT2D eigenvalue weighted by molar-refractivity contribution is -0.136. The van der Waals surface area contributed by atoms with Crippen molar-refractivity contribution in [1.82, 2.24) is 0 Å². The van der Waals surface area contributed by atoms with Gasteiger partial charge in [-0.05, 0) is 65.3 Å². The van der Waals surface area contributed by atoms with Crippen molar-refractivity contribution in [2.45, 2.75) is 19.3 Å². The van der Waals surface area contributed by atoms with Gasteiger partial charge >= 0.3 is 5.97 Å². The summed E-state index contributed by atoms with van der Waals surface area (Å²) in [5.74, 6) is -0.105. The molecule has 0 atom stereocenters. The number of methoxy groups -OCH3 is 1. The first-order valence-corrected chi connectivity index (χ1v) is 11.8. The normalized spacial score (nSPS) is 11.3. The summed E-state index contributed by atoms with van der Waals surface area (Å²) in [6.45, 7) is 0.761. The summed E-state index contributed by atoms with van der Waals surface area (Å²) in [5, 5.41) is 39.4. The summed E-state index contributed by atoms with van der Waals surface area (Å²) in [6.07, 6.45) is 1.04. The van der Waals surface area contributed by atoms with E-state index >= 15 is 0 Å². The summed E-state index contributed by atoms with van der Waals surface area (Å²) in [7, 11) is 1.60. The molecule has 0 amide bonds. The average Bonchev–Trinajstić information content (AvgIpc) is 2.90. The molecule has 8 heteroatoms. The minimum Gasteiger partial charge on any atom is -0.508 e. The van der Waals surface area contributed by atoms with Gasteiger partial charge in [-0.25, -0.2) is 0 Å². The van der Waals surface area contributed by atoms with E-state index in [1.165, 1.54) is 12.1 Å². The molecule has 4 rings (SSSR count). The number of fused-ring (bicyclic) bond motifs is 1. The van der Waals surface area contributed by atoms with Crippen LogP contribution in [0, 0.1) is 0 Å². The lowest BCUT2D eigenvalue weighted by Crippen LogP contribution is -2.06. The Bertz CT molecular complexity index is 1420. The van der Waals surface area contributed by atoms with Gasteiger partial charge in [0.1, 0.15) is 23.9 Å². The maximum atomic E-state index is 11.6. The van der Waals surface area contributed by atoms with E-state index in [1.807, 2.05) is 48.5 Å². The van der Waals surface area contributed by atoms with E-state index in [9.17, 15) is 20.1 Å². The molecule has 0 heterocycles. The number of hydrogen-bond acceptors (Lipinski definition) is 7. The molecule has 190 valence electrons. The number of aromatic hydroxyl groups is 2. The Morgan fingerprint density at radius 2 is 1.62 bits per heavy atom. The smallest absolute Gasteiger partial charge is 0.307 e. The van der Waals surface area contributed by atoms with Gasteiger partial charge in [-0.15, -0.1) is 0 Å². The zero-order valence-electron chi connectivity index (χ0n) is 20.4. The Morgan fingerprint density at radius 3 is 2.35 bits per heavy atom. The summed E-state index contributed by atoms with van der Waals surface area (Å²) in [6, 6.07) is 21.2. The largest absolute Gasteiger partial charge is 0.508 e. The molecule has 4 aromatic rings. The SMILES string of the molecule is COCCOc1cc(N=Nc2ccc(CCc3cc(O)ccc3O)cc2)c(CC(=O)O)c2ccccc12. The Morgan fingerprint density at radius 1 is 0.865 bits per heavy atom. The van der Waals surface area contributed by atoms with E-state index < -0.39 is 5.97 Å². The number of carboxylic acid groups (broad SMARTS) is 1. The molecule has 0 spiro atoms. The summed E-state index contributed by atoms with van der Waals surface area (Å²) >= 11 is 0. The van der Waals surface area contributed by atoms with Crippen molar-refractivity contribution in [3.8, 4) is 17.2 Å². The first-order valence-electron chi connectivity index (χ1n) is 11.8. The maximum absolute atomic E-state index is 11.6. The number of carbonyl (C=O) groups is 1. The van der Waals surface area contributed by atoms with Crippen LogP contribution < -0.4 is 4.74 Å². The van der Waals surface area contributed by atoms with Crippen LogP contribution in [0.2, 0.25) is 0 Å². The second-order valence-electron chi connectivity index (χ2n) is 8.51. The van der Waals surface area contributed by atoms with Gasteiger partial charge in [-0.1, -0.05) is 36.4 Å². The number of ether oxygens (including phenoxy) is 2. The summed E-state index contributed by atoms with van der Waals surface area (Å²) in [4.78, 5) is 11.6. The van der Waals surface area contributed by atoms with Crippen LogP contribution in [0.3, 0.4) is 0 Å². The molecule has 0 aliphatic heterocycles. The van der Waals surface area contributed by atoms with Crippen LogP contribution in [0.4, 0.5) is 11.4 Å². The van der Waals surface area contributed by atoms with Gasteiger partial charge in [0.25, 0.3) is 0 Å². The van der Waals surface area contributed by atoms with Gasteiger partial charge in [0.05, 0.1) is 24.4 Å². The number of aryl methyl sites for hydroxylation is 2. The highest BCUT2D eigenvalue weighted by Crippen LogP contribution is 2.37. The molecule has 4 aromatic carbocycles. The van der Waals surface area contributed by atoms with E-state index in [1.54, 1.807) is 19.2 Å². The van der Waals surface area contributed by atoms with E-state index in [2.05, 4.69) is 10.2 Å². The van der Waals surface area contributed by atoms with Crippen molar-refractivity contribution in [1.29, 1.82) is 0 Å². The fourth-order valence-electron chi connectivity index (χ4n) is 4.06. The molecular weight excluding hydrogens is 472 g/mol. The molecule has 0 saturated carbocycles. The molecule has 0 fully saturated rings. The molecule has 0 unspecified atom stereocenters. The fourth-order valence-corrected chi connectivity index (χ4v) is 4.06. The monoisotopic (exact) mass is 500 g/mol. The van der Waals surface area contributed by atoms with E-state index in [4.69, 9.17) is 9.47 Å². The summed E-state index contributed by atoms with van der Waals surface area (Å²) in [5.41, 5.74) is 3.31. The average molecular weight is 501 g/mol. The summed E-state index contributed by atoms with van der Waals surface area (Å²) < 4.78 is 11.0. The number of hydrogen-bond donors (Lipinski definition) is 3. The van der Waals surface area contributed by atoms with Crippen molar-refractivity contribution in [3.63, 3.8) is 0 Å². The standard InChI is InChI=1S/C29H28N2O6/c1-36-14-15-37-28-18-26(25(17-29(34)35)23-4-2-3-5-24(23)28)31-30-21-10-7-19(8-11-21)6-9-20-16-22(32)12-13-27(20)33/h2-5,7-8,10-13,16,18,32-33H,6,9,14-15,17H2,1H3,(H,34,35). The number of carboxylic acids is 1. The third-order valence-corrected chi connectivity index (χ3v) is 5.92. The van der Waals surface area contributed by atoms with Crippen molar-refractivity contribution in [3.05, 3.63) is 89.5 Å². The fraction of sp³-hybridized carbons (Fsp3) is 0.207. The second-order valence-corrected chi connectivity index (χ2v) is 8.51. The number of rotatable bonds is 11. The van der Waals surface area contributed by atoms with Crippen LogP contribution in [0.1, 0.15) is 16.7 Å². The van der Waals surface area contributed by atoms with Gasteiger partial charge in [0.15, 0.2) is 0 Å². The second kappa shape index (κ2) is 12.0. The molecule has 0 bridgehead atoms. The van der Waals surface area contributed by atoms with E-state index in [0.717, 1.165) is 16.3 Å². The van der Waals surface area contributed by atoms with Crippen molar-refractivity contribution in [2.24, 2.45) is 10.2 Å². The van der Waals surface area contributed by atoms with E-state index in [0.29, 0.717) is 54.3 Å². The first-order chi connectivity index (χ1) is 17.9.